The molecule has 1 heterocycles. The van der Waals surface area contributed by atoms with Crippen LogP contribution in [0.4, 0.5) is 5.69 Å². The van der Waals surface area contributed by atoms with Crippen molar-refractivity contribution in [3.63, 3.8) is 0 Å². The standard InChI is InChI=1S/C18H20ClNO2/c1-21-17-11-14-9-6-10-15(13-7-4-3-5-8-13)20(19)16(14)12-18(17)22-2/h3-5,7-8,11-12,15H,6,9-10H2,1-2H3. The molecule has 2 aromatic carbocycles. The van der Waals surface area contributed by atoms with Gasteiger partial charge in [0.15, 0.2) is 11.5 Å². The zero-order valence-electron chi connectivity index (χ0n) is 12.9. The predicted octanol–water partition coefficient (Wildman–Crippen LogP) is 4.74. The molecule has 0 bridgehead atoms. The van der Waals surface area contributed by atoms with Crippen molar-refractivity contribution in [2.24, 2.45) is 0 Å². The Bertz CT molecular complexity index is 645. The number of rotatable bonds is 3. The van der Waals surface area contributed by atoms with Crippen molar-refractivity contribution in [3.05, 3.63) is 53.6 Å². The average Bonchev–Trinajstić information content (AvgIpc) is 2.73. The fourth-order valence-corrected chi connectivity index (χ4v) is 3.42. The summed E-state index contributed by atoms with van der Waals surface area (Å²) in [5.74, 6) is 1.46. The zero-order chi connectivity index (χ0) is 15.5. The van der Waals surface area contributed by atoms with Gasteiger partial charge in [0.25, 0.3) is 0 Å². The molecular formula is C18H20ClNO2. The number of methoxy groups -OCH3 is 2. The third-order valence-corrected chi connectivity index (χ3v) is 4.61. The van der Waals surface area contributed by atoms with Gasteiger partial charge in [0, 0.05) is 17.8 Å². The van der Waals surface area contributed by atoms with E-state index in [2.05, 4.69) is 24.3 Å². The molecule has 3 nitrogen and oxygen atoms in total. The van der Waals surface area contributed by atoms with Crippen LogP contribution in [0.2, 0.25) is 0 Å². The van der Waals surface area contributed by atoms with Gasteiger partial charge < -0.3 is 9.47 Å². The third kappa shape index (κ3) is 2.73. The van der Waals surface area contributed by atoms with Crippen LogP contribution < -0.4 is 13.9 Å². The van der Waals surface area contributed by atoms with Crippen LogP contribution in [-0.2, 0) is 6.42 Å². The quantitative estimate of drug-likeness (QED) is 0.763. The Hall–Kier alpha value is -1.87. The number of nitrogens with zero attached hydrogens (tertiary/aromatic N) is 1. The Morgan fingerprint density at radius 1 is 1.05 bits per heavy atom. The SMILES string of the molecule is COc1cc2c(cc1OC)N(Cl)C(c1ccccc1)CCC2. The number of hydrogen-bond acceptors (Lipinski definition) is 3. The molecule has 116 valence electrons. The number of hydrogen-bond donors (Lipinski definition) is 0. The molecule has 0 N–H and O–H groups in total. The van der Waals surface area contributed by atoms with Crippen LogP contribution in [0.1, 0.15) is 30.0 Å². The molecule has 0 amide bonds. The van der Waals surface area contributed by atoms with Crippen LogP contribution in [0.5, 0.6) is 11.5 Å². The van der Waals surface area contributed by atoms with Gasteiger partial charge in [0.05, 0.1) is 25.9 Å². The molecule has 0 aromatic heterocycles. The summed E-state index contributed by atoms with van der Waals surface area (Å²) in [6, 6.07) is 14.6. The first kappa shape index (κ1) is 15.0. The maximum Gasteiger partial charge on any atom is 0.162 e. The minimum Gasteiger partial charge on any atom is -0.493 e. The summed E-state index contributed by atoms with van der Waals surface area (Å²) in [6.07, 6.45) is 3.10. The number of ether oxygens (including phenoxy) is 2. The van der Waals surface area contributed by atoms with Crippen LogP contribution >= 0.6 is 11.8 Å². The minimum absolute atomic E-state index is 0.169. The molecule has 1 aliphatic heterocycles. The van der Waals surface area contributed by atoms with E-state index >= 15 is 0 Å². The Morgan fingerprint density at radius 3 is 2.41 bits per heavy atom. The summed E-state index contributed by atoms with van der Waals surface area (Å²) in [6.45, 7) is 0. The molecule has 0 saturated heterocycles. The monoisotopic (exact) mass is 317 g/mol. The largest absolute Gasteiger partial charge is 0.493 e. The van der Waals surface area contributed by atoms with Crippen molar-refractivity contribution < 1.29 is 9.47 Å². The molecule has 3 rings (SSSR count). The van der Waals surface area contributed by atoms with Crippen molar-refractivity contribution in [2.75, 3.05) is 18.6 Å². The van der Waals surface area contributed by atoms with Gasteiger partial charge in [-0.05, 0) is 36.5 Å². The lowest BCUT2D eigenvalue weighted by Crippen LogP contribution is -2.18. The first-order valence-electron chi connectivity index (χ1n) is 7.49. The van der Waals surface area contributed by atoms with Gasteiger partial charge in [-0.1, -0.05) is 30.3 Å². The number of fused-ring (bicyclic) bond motifs is 1. The van der Waals surface area contributed by atoms with Crippen molar-refractivity contribution in [2.45, 2.75) is 25.3 Å². The molecule has 0 radical (unpaired) electrons. The van der Waals surface area contributed by atoms with Crippen molar-refractivity contribution in [3.8, 4) is 11.5 Å². The van der Waals surface area contributed by atoms with Crippen molar-refractivity contribution >= 4 is 17.5 Å². The minimum atomic E-state index is 0.169. The van der Waals surface area contributed by atoms with Crippen LogP contribution in [0.15, 0.2) is 42.5 Å². The summed E-state index contributed by atoms with van der Waals surface area (Å²) < 4.78 is 12.7. The molecule has 0 spiro atoms. The average molecular weight is 318 g/mol. The van der Waals surface area contributed by atoms with E-state index in [0.717, 1.165) is 30.7 Å². The lowest BCUT2D eigenvalue weighted by molar-refractivity contribution is 0.354. The Morgan fingerprint density at radius 2 is 1.73 bits per heavy atom. The van der Waals surface area contributed by atoms with Gasteiger partial charge in [-0.25, -0.2) is 0 Å². The molecule has 1 aliphatic rings. The first-order valence-corrected chi connectivity index (χ1v) is 7.83. The van der Waals surface area contributed by atoms with Crippen LogP contribution in [0.25, 0.3) is 0 Å². The van der Waals surface area contributed by atoms with E-state index in [9.17, 15) is 0 Å². The van der Waals surface area contributed by atoms with Gasteiger partial charge in [0.1, 0.15) is 0 Å². The second kappa shape index (κ2) is 6.49. The molecule has 1 atom stereocenters. The summed E-state index contributed by atoms with van der Waals surface area (Å²) in [7, 11) is 3.31. The molecular weight excluding hydrogens is 298 g/mol. The second-order valence-corrected chi connectivity index (χ2v) is 5.83. The third-order valence-electron chi connectivity index (χ3n) is 4.20. The topological polar surface area (TPSA) is 21.7 Å². The van der Waals surface area contributed by atoms with Crippen molar-refractivity contribution in [1.82, 2.24) is 0 Å². The lowest BCUT2D eigenvalue weighted by Gasteiger charge is -2.27. The molecule has 4 heteroatoms. The summed E-state index contributed by atoms with van der Waals surface area (Å²) in [4.78, 5) is 0. The van der Waals surface area contributed by atoms with Crippen LogP contribution in [-0.4, -0.2) is 14.2 Å². The van der Waals surface area contributed by atoms with Gasteiger partial charge >= 0.3 is 0 Å². The van der Waals surface area contributed by atoms with E-state index in [4.69, 9.17) is 21.3 Å². The molecule has 0 saturated carbocycles. The number of halogens is 1. The van der Waals surface area contributed by atoms with E-state index in [-0.39, 0.29) is 6.04 Å². The molecule has 2 aromatic rings. The maximum absolute atomic E-state index is 6.71. The predicted molar refractivity (Wildman–Crippen MR) is 90.0 cm³/mol. The normalized spacial score (nSPS) is 17.6. The van der Waals surface area contributed by atoms with Gasteiger partial charge in [0.2, 0.25) is 0 Å². The second-order valence-electron chi connectivity index (χ2n) is 5.47. The molecule has 0 fully saturated rings. The van der Waals surface area contributed by atoms with Gasteiger partial charge in [-0.15, -0.1) is 0 Å². The Labute approximate surface area is 136 Å². The van der Waals surface area contributed by atoms with E-state index in [1.165, 1.54) is 11.1 Å². The first-order chi connectivity index (χ1) is 10.7. The van der Waals surface area contributed by atoms with Gasteiger partial charge in [-0.3, -0.25) is 4.42 Å². The smallest absolute Gasteiger partial charge is 0.162 e. The molecule has 0 aliphatic carbocycles. The van der Waals surface area contributed by atoms with E-state index in [0.29, 0.717) is 5.75 Å². The number of anilines is 1. The highest BCUT2D eigenvalue weighted by atomic mass is 35.5. The highest BCUT2D eigenvalue weighted by molar-refractivity contribution is 6.26. The summed E-state index contributed by atoms with van der Waals surface area (Å²) in [5, 5.41) is 0. The fourth-order valence-electron chi connectivity index (χ4n) is 3.05. The highest BCUT2D eigenvalue weighted by Gasteiger charge is 2.26. The van der Waals surface area contributed by atoms with Crippen LogP contribution in [0.3, 0.4) is 0 Å². The molecule has 22 heavy (non-hydrogen) atoms. The van der Waals surface area contributed by atoms with Gasteiger partial charge in [-0.2, -0.15) is 0 Å². The lowest BCUT2D eigenvalue weighted by atomic mass is 10.0. The van der Waals surface area contributed by atoms with Crippen LogP contribution in [0, 0.1) is 0 Å². The molecule has 1 unspecified atom stereocenters. The van der Waals surface area contributed by atoms with E-state index in [1.54, 1.807) is 14.2 Å². The highest BCUT2D eigenvalue weighted by Crippen LogP contribution is 2.43. The zero-order valence-corrected chi connectivity index (χ0v) is 13.6. The van der Waals surface area contributed by atoms with Crippen molar-refractivity contribution in [1.29, 1.82) is 0 Å². The fraction of sp³-hybridized carbons (Fsp3) is 0.333. The summed E-state index contributed by atoms with van der Waals surface area (Å²) >= 11 is 6.71. The maximum atomic E-state index is 6.71. The Balaban J connectivity index is 2.03. The van der Waals surface area contributed by atoms with E-state index < -0.39 is 0 Å². The Kier molecular flexibility index (Phi) is 4.44. The number of benzene rings is 2. The number of aryl methyl sites for hydroxylation is 1. The summed E-state index contributed by atoms with van der Waals surface area (Å²) in [5.41, 5.74) is 3.44. The van der Waals surface area contributed by atoms with E-state index in [1.807, 2.05) is 22.6 Å².